The summed E-state index contributed by atoms with van der Waals surface area (Å²) in [5.41, 5.74) is 1.12. The first kappa shape index (κ1) is 19.3. The first-order chi connectivity index (χ1) is 9.72. The number of piperidine rings is 1. The van der Waals surface area contributed by atoms with Gasteiger partial charge in [-0.2, -0.15) is 0 Å². The second-order valence-electron chi connectivity index (χ2n) is 5.91. The zero-order valence-electron chi connectivity index (χ0n) is 14.0. The molecule has 21 heavy (non-hydrogen) atoms. The Morgan fingerprint density at radius 1 is 1.10 bits per heavy atom. The summed E-state index contributed by atoms with van der Waals surface area (Å²) in [5.74, 6) is 0.866. The molecule has 0 amide bonds. The summed E-state index contributed by atoms with van der Waals surface area (Å²) in [6.07, 6.45) is 4.02. The van der Waals surface area contributed by atoms with E-state index >= 15 is 0 Å². The third kappa shape index (κ3) is 4.86. The van der Waals surface area contributed by atoms with Crippen LogP contribution in [0.3, 0.4) is 0 Å². The molecule has 0 unspecified atom stereocenters. The van der Waals surface area contributed by atoms with Crippen molar-refractivity contribution in [3.05, 3.63) is 42.5 Å². The third-order valence-corrected chi connectivity index (χ3v) is 9.91. The van der Waals surface area contributed by atoms with Gasteiger partial charge in [0.1, 0.15) is 0 Å². The second kappa shape index (κ2) is 9.40. The summed E-state index contributed by atoms with van der Waals surface area (Å²) in [6.45, 7) is 11.2. The van der Waals surface area contributed by atoms with Gasteiger partial charge in [0.05, 0.1) is 0 Å². The first-order valence-corrected chi connectivity index (χ1v) is 10.7. The summed E-state index contributed by atoms with van der Waals surface area (Å²) in [4.78, 5) is 0. The molecular weight excluding hydrogens is 284 g/mol. The Morgan fingerprint density at radius 3 is 2.19 bits per heavy atom. The Balaban J connectivity index is 0.00000220. The molecule has 1 aliphatic heterocycles. The topological polar surface area (TPSA) is 12.5 Å². The number of hydrogen-bond acceptors (Lipinski definition) is 2. The molecule has 1 aromatic carbocycles. The minimum Gasteiger partial charge on any atom is -0.786 e. The fourth-order valence-corrected chi connectivity index (χ4v) is 7.46. The molecule has 1 aromatic rings. The quantitative estimate of drug-likeness (QED) is 0.585. The average Bonchev–Trinajstić information content (AvgIpc) is 2.54. The van der Waals surface area contributed by atoms with Crippen LogP contribution in [0.15, 0.2) is 36.9 Å². The number of rotatable bonds is 6. The molecule has 2 rings (SSSR count). The largest absolute Gasteiger partial charge is 1.00 e. The molecule has 0 N–H and O–H groups in total. The van der Waals surface area contributed by atoms with E-state index in [2.05, 4.69) is 48.6 Å². The van der Waals surface area contributed by atoms with Crippen molar-refractivity contribution in [1.29, 1.82) is 0 Å². The first-order valence-electron chi connectivity index (χ1n) is 8.08. The predicted molar refractivity (Wildman–Crippen MR) is 88.7 cm³/mol. The number of nitrogens with zero attached hydrogens (tertiary/aromatic N) is 1. The molecule has 0 saturated carbocycles. The van der Waals surface area contributed by atoms with Crippen LogP contribution in [0.25, 0.3) is 5.76 Å². The molecular formula is C17H27AlNNaO. The molecule has 0 radical (unpaired) electrons. The van der Waals surface area contributed by atoms with Gasteiger partial charge < -0.3 is 7.67 Å². The molecule has 0 spiro atoms. The van der Waals surface area contributed by atoms with Crippen LogP contribution in [0, 0.1) is 0 Å². The summed E-state index contributed by atoms with van der Waals surface area (Å²) in [7, 11) is 0. The number of benzene rings is 1. The maximum Gasteiger partial charge on any atom is 1.00 e. The van der Waals surface area contributed by atoms with Crippen molar-refractivity contribution in [3.8, 4) is 0 Å². The molecule has 110 valence electrons. The monoisotopic (exact) mass is 311 g/mol. The summed E-state index contributed by atoms with van der Waals surface area (Å²) < 4.78 is 9.25. The van der Waals surface area contributed by atoms with Gasteiger partial charge in [-0.15, -0.1) is 10.6 Å². The van der Waals surface area contributed by atoms with Gasteiger partial charge in [-0.1, -0.05) is 57.2 Å². The van der Waals surface area contributed by atoms with Crippen molar-refractivity contribution in [2.24, 2.45) is 0 Å². The van der Waals surface area contributed by atoms with Crippen molar-refractivity contribution >= 4 is 19.4 Å². The molecule has 1 fully saturated rings. The smallest absolute Gasteiger partial charge is 0.786 e. The van der Waals surface area contributed by atoms with Gasteiger partial charge in [-0.25, -0.2) is 0 Å². The average molecular weight is 311 g/mol. The van der Waals surface area contributed by atoms with Crippen molar-refractivity contribution in [2.45, 2.75) is 43.7 Å². The van der Waals surface area contributed by atoms with Crippen LogP contribution in [-0.2, 0) is 3.79 Å². The minimum absolute atomic E-state index is 0. The Hall–Kier alpha value is 0.252. The maximum atomic E-state index is 6.56. The predicted octanol–water partition coefficient (Wildman–Crippen LogP) is 1.65. The van der Waals surface area contributed by atoms with Gasteiger partial charge in [0.15, 0.2) is 0 Å². The van der Waals surface area contributed by atoms with Gasteiger partial charge >= 0.3 is 43.2 Å². The fourth-order valence-electron chi connectivity index (χ4n) is 3.39. The Morgan fingerprint density at radius 2 is 1.67 bits per heavy atom. The Labute approximate surface area is 155 Å². The van der Waals surface area contributed by atoms with E-state index < -0.39 is 13.6 Å². The van der Waals surface area contributed by atoms with Crippen molar-refractivity contribution in [2.75, 3.05) is 13.1 Å². The SMILES string of the molecule is C=C([O][Al-]([CH2]C)([CH2]C)[N]1CCCCC1)c1ccccc1.[Na+]. The summed E-state index contributed by atoms with van der Waals surface area (Å²) in [5, 5.41) is 2.32. The Bertz CT molecular complexity index is 428. The zero-order valence-corrected chi connectivity index (χ0v) is 17.1. The number of hydrogen-bond donors (Lipinski definition) is 0. The molecule has 4 heteroatoms. The van der Waals surface area contributed by atoms with E-state index in [1.54, 1.807) is 0 Å². The van der Waals surface area contributed by atoms with Gasteiger partial charge in [0, 0.05) is 11.3 Å². The van der Waals surface area contributed by atoms with Crippen LogP contribution in [0.2, 0.25) is 10.6 Å². The Kier molecular flexibility index (Phi) is 8.64. The van der Waals surface area contributed by atoms with Crippen LogP contribution >= 0.6 is 0 Å². The fraction of sp³-hybridized carbons (Fsp3) is 0.529. The van der Waals surface area contributed by atoms with Crippen molar-refractivity contribution < 1.29 is 33.3 Å². The molecule has 1 heterocycles. The molecule has 0 aromatic heterocycles. The minimum atomic E-state index is -2.19. The van der Waals surface area contributed by atoms with Gasteiger partial charge in [-0.05, 0) is 25.9 Å². The molecule has 0 bridgehead atoms. The molecule has 1 aliphatic rings. The molecule has 1 saturated heterocycles. The molecule has 2 nitrogen and oxygen atoms in total. The third-order valence-electron chi connectivity index (χ3n) is 4.79. The van der Waals surface area contributed by atoms with Crippen LogP contribution in [-0.4, -0.2) is 30.6 Å². The normalized spacial score (nSPS) is 16.1. The standard InChI is InChI=1S/C8H8O.C5H10N.2C2H5.Al.Na/c1-7(9)8-5-3-2-4-6-8;1-2-4-6-5-3-1;2*1-2;;/h2-6,9H,1H2;1-5H2;2*1H2,2H3;;/q;-1;;;2*+1/p-1. The van der Waals surface area contributed by atoms with Crippen molar-refractivity contribution in [3.63, 3.8) is 0 Å². The second-order valence-corrected chi connectivity index (χ2v) is 10.7. The summed E-state index contributed by atoms with van der Waals surface area (Å²) >= 11 is -2.19. The van der Waals surface area contributed by atoms with E-state index in [1.165, 1.54) is 32.4 Å². The van der Waals surface area contributed by atoms with E-state index in [0.29, 0.717) is 0 Å². The van der Waals surface area contributed by atoms with Gasteiger partial charge in [-0.3, -0.25) is 0 Å². The van der Waals surface area contributed by atoms with E-state index in [-0.39, 0.29) is 29.6 Å². The molecule has 0 atom stereocenters. The van der Waals surface area contributed by atoms with Gasteiger partial charge in [0.25, 0.3) is 0 Å². The van der Waals surface area contributed by atoms with E-state index in [4.69, 9.17) is 3.79 Å². The molecule has 0 aliphatic carbocycles. The maximum absolute atomic E-state index is 6.56. The summed E-state index contributed by atoms with van der Waals surface area (Å²) in [6, 6.07) is 10.3. The van der Waals surface area contributed by atoms with E-state index in [9.17, 15) is 0 Å². The van der Waals surface area contributed by atoms with Crippen LogP contribution in [0.1, 0.15) is 38.7 Å². The van der Waals surface area contributed by atoms with Crippen LogP contribution < -0.4 is 29.6 Å². The van der Waals surface area contributed by atoms with E-state index in [0.717, 1.165) is 21.9 Å². The van der Waals surface area contributed by atoms with Crippen LogP contribution in [0.4, 0.5) is 0 Å². The van der Waals surface area contributed by atoms with Crippen molar-refractivity contribution in [1.82, 2.24) is 3.88 Å². The van der Waals surface area contributed by atoms with Crippen LogP contribution in [0.5, 0.6) is 0 Å². The van der Waals surface area contributed by atoms with Gasteiger partial charge in [0.2, 0.25) is 0 Å². The van der Waals surface area contributed by atoms with E-state index in [1.807, 2.05) is 6.07 Å². The zero-order chi connectivity index (χ0) is 14.4.